The first-order chi connectivity index (χ1) is 14.8. The van der Waals surface area contributed by atoms with E-state index in [-0.39, 0.29) is 23.3 Å². The van der Waals surface area contributed by atoms with Crippen molar-refractivity contribution in [1.82, 2.24) is 9.62 Å². The standard InChI is InChI=1S/C21H26N4O5S/c1-16(26)23-17-6-8-20(9-7-17)31(28,29)22-15-21(27)25-12-10-24(11-13-25)18-4-3-5-19(14-18)30-2/h3-9,14,22H,10-13,15H2,1-2H3,(H,23,26). The number of methoxy groups -OCH3 is 1. The van der Waals surface area contributed by atoms with Crippen LogP contribution in [0.15, 0.2) is 53.4 Å². The third-order valence-electron chi connectivity index (χ3n) is 4.95. The number of nitrogens with one attached hydrogen (secondary N) is 2. The van der Waals surface area contributed by atoms with Crippen LogP contribution in [0.5, 0.6) is 5.75 Å². The van der Waals surface area contributed by atoms with Gasteiger partial charge in [0, 0.05) is 50.5 Å². The molecular weight excluding hydrogens is 420 g/mol. The zero-order chi connectivity index (χ0) is 22.4. The highest BCUT2D eigenvalue weighted by Gasteiger charge is 2.23. The molecule has 0 spiro atoms. The summed E-state index contributed by atoms with van der Waals surface area (Å²) in [7, 11) is -2.22. The van der Waals surface area contributed by atoms with Crippen LogP contribution in [0.25, 0.3) is 0 Å². The van der Waals surface area contributed by atoms with E-state index in [4.69, 9.17) is 4.74 Å². The van der Waals surface area contributed by atoms with Gasteiger partial charge in [0.25, 0.3) is 0 Å². The van der Waals surface area contributed by atoms with Crippen molar-refractivity contribution in [1.29, 1.82) is 0 Å². The molecule has 0 saturated carbocycles. The van der Waals surface area contributed by atoms with Crippen molar-refractivity contribution >= 4 is 33.2 Å². The van der Waals surface area contributed by atoms with Gasteiger partial charge < -0.3 is 19.9 Å². The summed E-state index contributed by atoms with van der Waals surface area (Å²) in [6.45, 7) is 3.36. The van der Waals surface area contributed by atoms with Gasteiger partial charge in [0.15, 0.2) is 0 Å². The van der Waals surface area contributed by atoms with E-state index in [0.717, 1.165) is 11.4 Å². The van der Waals surface area contributed by atoms with Crippen LogP contribution >= 0.6 is 0 Å². The average Bonchev–Trinajstić information content (AvgIpc) is 2.77. The van der Waals surface area contributed by atoms with Crippen LogP contribution in [0.2, 0.25) is 0 Å². The molecule has 9 nitrogen and oxygen atoms in total. The van der Waals surface area contributed by atoms with E-state index in [1.807, 2.05) is 24.3 Å². The predicted octanol–water partition coefficient (Wildman–Crippen LogP) is 1.28. The highest BCUT2D eigenvalue weighted by atomic mass is 32.2. The van der Waals surface area contributed by atoms with Crippen LogP contribution in [-0.2, 0) is 19.6 Å². The van der Waals surface area contributed by atoms with Gasteiger partial charge in [0.1, 0.15) is 5.75 Å². The van der Waals surface area contributed by atoms with Gasteiger partial charge in [-0.3, -0.25) is 9.59 Å². The molecule has 1 heterocycles. The summed E-state index contributed by atoms with van der Waals surface area (Å²) < 4.78 is 32.5. The van der Waals surface area contributed by atoms with Crippen LogP contribution in [0, 0.1) is 0 Å². The van der Waals surface area contributed by atoms with Crippen LogP contribution in [-0.4, -0.2) is 65.0 Å². The van der Waals surface area contributed by atoms with E-state index >= 15 is 0 Å². The number of nitrogens with zero attached hydrogens (tertiary/aromatic N) is 2. The number of anilines is 2. The Bertz CT molecular complexity index is 1030. The summed E-state index contributed by atoms with van der Waals surface area (Å²) in [5, 5.41) is 2.57. The van der Waals surface area contributed by atoms with E-state index in [0.29, 0.717) is 31.9 Å². The van der Waals surface area contributed by atoms with Crippen LogP contribution < -0.4 is 19.7 Å². The Balaban J connectivity index is 1.52. The van der Waals surface area contributed by atoms with Gasteiger partial charge in [-0.05, 0) is 36.4 Å². The fourth-order valence-electron chi connectivity index (χ4n) is 3.29. The van der Waals surface area contributed by atoms with E-state index in [2.05, 4.69) is 14.9 Å². The number of benzene rings is 2. The number of sulfonamides is 1. The normalized spacial score (nSPS) is 14.3. The zero-order valence-electron chi connectivity index (χ0n) is 17.5. The van der Waals surface area contributed by atoms with Crippen molar-refractivity contribution < 1.29 is 22.7 Å². The van der Waals surface area contributed by atoms with Crippen molar-refractivity contribution in [3.63, 3.8) is 0 Å². The maximum Gasteiger partial charge on any atom is 0.241 e. The predicted molar refractivity (Wildman–Crippen MR) is 118 cm³/mol. The van der Waals surface area contributed by atoms with Crippen molar-refractivity contribution in [2.24, 2.45) is 0 Å². The van der Waals surface area contributed by atoms with Crippen molar-refractivity contribution in [3.8, 4) is 5.75 Å². The van der Waals surface area contributed by atoms with Gasteiger partial charge in [-0.15, -0.1) is 0 Å². The maximum absolute atomic E-state index is 12.5. The molecule has 0 unspecified atom stereocenters. The third kappa shape index (κ3) is 5.96. The smallest absolute Gasteiger partial charge is 0.241 e. The van der Waals surface area contributed by atoms with Crippen LogP contribution in [0.4, 0.5) is 11.4 Å². The highest BCUT2D eigenvalue weighted by molar-refractivity contribution is 7.89. The number of piperazine rings is 1. The van der Waals surface area contributed by atoms with E-state index in [1.54, 1.807) is 12.0 Å². The Hall–Kier alpha value is -3.11. The quantitative estimate of drug-likeness (QED) is 0.663. The number of carbonyl (C=O) groups excluding carboxylic acids is 2. The molecule has 166 valence electrons. The van der Waals surface area contributed by atoms with Gasteiger partial charge >= 0.3 is 0 Å². The fraction of sp³-hybridized carbons (Fsp3) is 0.333. The second-order valence-corrected chi connectivity index (χ2v) is 8.87. The Morgan fingerprint density at radius 3 is 2.32 bits per heavy atom. The van der Waals surface area contributed by atoms with Gasteiger partial charge in [-0.1, -0.05) is 6.07 Å². The number of hydrogen-bond acceptors (Lipinski definition) is 6. The second kappa shape index (κ2) is 9.80. The summed E-state index contributed by atoms with van der Waals surface area (Å²) in [5.41, 5.74) is 1.52. The molecule has 2 aromatic rings. The lowest BCUT2D eigenvalue weighted by molar-refractivity contribution is -0.130. The van der Waals surface area contributed by atoms with E-state index in [9.17, 15) is 18.0 Å². The minimum atomic E-state index is -3.84. The molecule has 2 amide bonds. The first-order valence-corrected chi connectivity index (χ1v) is 11.3. The Morgan fingerprint density at radius 2 is 1.71 bits per heavy atom. The zero-order valence-corrected chi connectivity index (χ0v) is 18.3. The van der Waals surface area contributed by atoms with E-state index in [1.165, 1.54) is 31.2 Å². The largest absolute Gasteiger partial charge is 0.497 e. The molecule has 0 aromatic heterocycles. The third-order valence-corrected chi connectivity index (χ3v) is 6.37. The number of amides is 2. The Morgan fingerprint density at radius 1 is 1.03 bits per heavy atom. The molecule has 1 fully saturated rings. The van der Waals surface area contributed by atoms with Gasteiger partial charge in [-0.2, -0.15) is 0 Å². The van der Waals surface area contributed by atoms with Crippen molar-refractivity contribution in [2.75, 3.05) is 50.1 Å². The van der Waals surface area contributed by atoms with Gasteiger partial charge in [0.05, 0.1) is 18.6 Å². The van der Waals surface area contributed by atoms with Crippen LogP contribution in [0.1, 0.15) is 6.92 Å². The van der Waals surface area contributed by atoms with Gasteiger partial charge in [-0.25, -0.2) is 13.1 Å². The van der Waals surface area contributed by atoms with Crippen LogP contribution in [0.3, 0.4) is 0 Å². The molecule has 0 aliphatic carbocycles. The lowest BCUT2D eigenvalue weighted by Crippen LogP contribution is -2.51. The molecule has 2 N–H and O–H groups in total. The molecule has 1 saturated heterocycles. The molecule has 3 rings (SSSR count). The van der Waals surface area contributed by atoms with Crippen molar-refractivity contribution in [2.45, 2.75) is 11.8 Å². The molecule has 1 aliphatic heterocycles. The highest BCUT2D eigenvalue weighted by Crippen LogP contribution is 2.22. The second-order valence-electron chi connectivity index (χ2n) is 7.10. The lowest BCUT2D eigenvalue weighted by atomic mass is 10.2. The number of hydrogen-bond donors (Lipinski definition) is 2. The maximum atomic E-state index is 12.5. The first kappa shape index (κ1) is 22.6. The topological polar surface area (TPSA) is 108 Å². The summed E-state index contributed by atoms with van der Waals surface area (Å²) >= 11 is 0. The summed E-state index contributed by atoms with van der Waals surface area (Å²) in [6.07, 6.45) is 0. The molecule has 31 heavy (non-hydrogen) atoms. The SMILES string of the molecule is COc1cccc(N2CCN(C(=O)CNS(=O)(=O)c3ccc(NC(C)=O)cc3)CC2)c1. The monoisotopic (exact) mass is 446 g/mol. The Kier molecular flexibility index (Phi) is 7.13. The Labute approximate surface area is 182 Å². The minimum Gasteiger partial charge on any atom is -0.497 e. The van der Waals surface area contributed by atoms with Crippen molar-refractivity contribution in [3.05, 3.63) is 48.5 Å². The average molecular weight is 447 g/mol. The fourth-order valence-corrected chi connectivity index (χ4v) is 4.27. The van der Waals surface area contributed by atoms with Gasteiger partial charge in [0.2, 0.25) is 21.8 Å². The summed E-state index contributed by atoms with van der Waals surface area (Å²) in [4.78, 5) is 27.4. The first-order valence-electron chi connectivity index (χ1n) is 9.82. The molecule has 10 heteroatoms. The molecule has 0 radical (unpaired) electrons. The number of ether oxygens (including phenoxy) is 1. The number of rotatable bonds is 7. The molecule has 0 atom stereocenters. The lowest BCUT2D eigenvalue weighted by Gasteiger charge is -2.36. The minimum absolute atomic E-state index is 0.0252. The molecule has 2 aromatic carbocycles. The number of carbonyl (C=O) groups is 2. The summed E-state index contributed by atoms with van der Waals surface area (Å²) in [5.74, 6) is 0.255. The van der Waals surface area contributed by atoms with E-state index < -0.39 is 10.0 Å². The molecule has 1 aliphatic rings. The molecule has 0 bridgehead atoms. The summed E-state index contributed by atoms with van der Waals surface area (Å²) in [6, 6.07) is 13.5. The molecular formula is C21H26N4O5S.